The number of hydrogen-bond donors (Lipinski definition) is 2. The normalized spacial score (nSPS) is 11.9. The van der Waals surface area contributed by atoms with Gasteiger partial charge < -0.3 is 15.1 Å². The summed E-state index contributed by atoms with van der Waals surface area (Å²) in [6.07, 6.45) is 1.60. The van der Waals surface area contributed by atoms with Crippen molar-refractivity contribution < 1.29 is 8.81 Å². The van der Waals surface area contributed by atoms with Crippen molar-refractivity contribution in [3.05, 3.63) is 53.2 Å². The maximum atomic E-state index is 13.0. The summed E-state index contributed by atoms with van der Waals surface area (Å²) in [5.41, 5.74) is 0.621. The predicted octanol–water partition coefficient (Wildman–Crippen LogP) is 4.12. The Bertz CT molecular complexity index is 574. The Morgan fingerprint density at radius 3 is 2.84 bits per heavy atom. The number of nitrogens with one attached hydrogen (secondary N) is 2. The summed E-state index contributed by atoms with van der Waals surface area (Å²) in [6.45, 7) is 1.92. The van der Waals surface area contributed by atoms with Gasteiger partial charge in [0.05, 0.1) is 17.3 Å². The maximum absolute atomic E-state index is 13.0. The smallest absolute Gasteiger partial charge is 0.171 e. The van der Waals surface area contributed by atoms with Crippen LogP contribution < -0.4 is 10.6 Å². The molecular formula is C13H12ClFN2OS. The van der Waals surface area contributed by atoms with E-state index in [-0.39, 0.29) is 11.1 Å². The second kappa shape index (κ2) is 6.04. The molecule has 0 bridgehead atoms. The lowest BCUT2D eigenvalue weighted by Gasteiger charge is -2.15. The van der Waals surface area contributed by atoms with Gasteiger partial charge in [-0.25, -0.2) is 4.39 Å². The first-order valence-corrected chi connectivity index (χ1v) is 6.41. The molecule has 1 atom stereocenters. The Morgan fingerprint density at radius 2 is 2.21 bits per heavy atom. The molecule has 19 heavy (non-hydrogen) atoms. The van der Waals surface area contributed by atoms with Crippen LogP contribution >= 0.6 is 23.8 Å². The van der Waals surface area contributed by atoms with E-state index in [4.69, 9.17) is 28.2 Å². The molecule has 0 aliphatic heterocycles. The van der Waals surface area contributed by atoms with Crippen LogP contribution in [0, 0.1) is 5.82 Å². The Kier molecular flexibility index (Phi) is 4.39. The highest BCUT2D eigenvalue weighted by atomic mass is 35.5. The molecule has 2 aromatic rings. The number of hydrogen-bond acceptors (Lipinski definition) is 2. The van der Waals surface area contributed by atoms with E-state index in [1.165, 1.54) is 12.1 Å². The van der Waals surface area contributed by atoms with Crippen LogP contribution in [0.5, 0.6) is 0 Å². The SMILES string of the molecule is C[C@@H](NC(=S)Nc1ccc(F)c(Cl)c1)c1ccco1. The lowest BCUT2D eigenvalue weighted by Crippen LogP contribution is -2.30. The highest BCUT2D eigenvalue weighted by Gasteiger charge is 2.09. The van der Waals surface area contributed by atoms with Crippen molar-refractivity contribution >= 4 is 34.6 Å². The van der Waals surface area contributed by atoms with Crippen molar-refractivity contribution in [2.45, 2.75) is 13.0 Å². The monoisotopic (exact) mass is 298 g/mol. The molecule has 2 N–H and O–H groups in total. The van der Waals surface area contributed by atoms with Gasteiger partial charge in [-0.05, 0) is 49.5 Å². The van der Waals surface area contributed by atoms with Gasteiger partial charge in [0.1, 0.15) is 11.6 Å². The third kappa shape index (κ3) is 3.68. The molecule has 1 heterocycles. The standard InChI is InChI=1S/C13H12ClFN2OS/c1-8(12-3-2-6-18-12)16-13(19)17-9-4-5-11(15)10(14)7-9/h2-8H,1H3,(H2,16,17,19)/t8-/m1/s1. The first-order valence-electron chi connectivity index (χ1n) is 5.62. The van der Waals surface area contributed by atoms with Crippen LogP contribution in [-0.4, -0.2) is 5.11 Å². The van der Waals surface area contributed by atoms with Crippen molar-refractivity contribution in [2.75, 3.05) is 5.32 Å². The minimum absolute atomic E-state index is 0.0480. The van der Waals surface area contributed by atoms with E-state index in [9.17, 15) is 4.39 Å². The molecule has 0 radical (unpaired) electrons. The minimum Gasteiger partial charge on any atom is -0.467 e. The van der Waals surface area contributed by atoms with Gasteiger partial charge in [-0.2, -0.15) is 0 Å². The number of furan rings is 1. The fourth-order valence-electron chi connectivity index (χ4n) is 1.55. The molecular weight excluding hydrogens is 287 g/mol. The van der Waals surface area contributed by atoms with E-state index >= 15 is 0 Å². The molecule has 0 aliphatic rings. The highest BCUT2D eigenvalue weighted by molar-refractivity contribution is 7.80. The van der Waals surface area contributed by atoms with Gasteiger partial charge in [-0.1, -0.05) is 11.6 Å². The number of rotatable bonds is 3. The fraction of sp³-hybridized carbons (Fsp3) is 0.154. The average Bonchev–Trinajstić information content (AvgIpc) is 2.87. The van der Waals surface area contributed by atoms with Gasteiger partial charge in [0.25, 0.3) is 0 Å². The van der Waals surface area contributed by atoms with Crippen LogP contribution in [0.1, 0.15) is 18.7 Å². The van der Waals surface area contributed by atoms with Gasteiger partial charge in [0.15, 0.2) is 5.11 Å². The second-order valence-corrected chi connectivity index (χ2v) is 4.78. The minimum atomic E-state index is -0.463. The number of thiocarbonyl (C=S) groups is 1. The summed E-state index contributed by atoms with van der Waals surface area (Å²) in [7, 11) is 0. The summed E-state index contributed by atoms with van der Waals surface area (Å²) < 4.78 is 18.3. The lowest BCUT2D eigenvalue weighted by atomic mass is 10.2. The van der Waals surface area contributed by atoms with Crippen molar-refractivity contribution in [1.82, 2.24) is 5.32 Å². The molecule has 3 nitrogen and oxygen atoms in total. The molecule has 0 saturated heterocycles. The topological polar surface area (TPSA) is 37.2 Å². The van der Waals surface area contributed by atoms with E-state index in [0.29, 0.717) is 10.8 Å². The predicted molar refractivity (Wildman–Crippen MR) is 77.9 cm³/mol. The highest BCUT2D eigenvalue weighted by Crippen LogP contribution is 2.19. The summed E-state index contributed by atoms with van der Waals surface area (Å²) in [4.78, 5) is 0. The average molecular weight is 299 g/mol. The van der Waals surface area contributed by atoms with Crippen LogP contribution in [0.15, 0.2) is 41.0 Å². The lowest BCUT2D eigenvalue weighted by molar-refractivity contribution is 0.464. The molecule has 1 aromatic heterocycles. The van der Waals surface area contributed by atoms with Crippen LogP contribution in [0.4, 0.5) is 10.1 Å². The molecule has 6 heteroatoms. The van der Waals surface area contributed by atoms with Crippen molar-refractivity contribution in [3.63, 3.8) is 0 Å². The molecule has 100 valence electrons. The second-order valence-electron chi connectivity index (χ2n) is 3.96. The third-order valence-corrected chi connectivity index (χ3v) is 3.00. The summed E-state index contributed by atoms with van der Waals surface area (Å²) in [6, 6.07) is 7.92. The van der Waals surface area contributed by atoms with Crippen LogP contribution in [0.3, 0.4) is 0 Å². The largest absolute Gasteiger partial charge is 0.467 e. The Balaban J connectivity index is 1.95. The number of anilines is 1. The quantitative estimate of drug-likeness (QED) is 0.836. The van der Waals surface area contributed by atoms with Crippen LogP contribution in [-0.2, 0) is 0 Å². The van der Waals surface area contributed by atoms with Gasteiger partial charge in [0.2, 0.25) is 0 Å². The zero-order valence-electron chi connectivity index (χ0n) is 10.1. The Hall–Kier alpha value is -1.59. The van der Waals surface area contributed by atoms with E-state index in [1.807, 2.05) is 19.1 Å². The van der Waals surface area contributed by atoms with E-state index < -0.39 is 5.82 Å². The molecule has 0 spiro atoms. The van der Waals surface area contributed by atoms with Crippen molar-refractivity contribution in [3.8, 4) is 0 Å². The Labute approximate surface area is 120 Å². The number of halogens is 2. The van der Waals surface area contributed by atoms with E-state index in [2.05, 4.69) is 10.6 Å². The number of benzene rings is 1. The molecule has 0 fully saturated rings. The van der Waals surface area contributed by atoms with Gasteiger partial charge in [-0.15, -0.1) is 0 Å². The zero-order chi connectivity index (χ0) is 13.8. The van der Waals surface area contributed by atoms with Crippen LogP contribution in [0.25, 0.3) is 0 Å². The zero-order valence-corrected chi connectivity index (χ0v) is 11.7. The third-order valence-electron chi connectivity index (χ3n) is 2.50. The molecule has 0 unspecified atom stereocenters. The van der Waals surface area contributed by atoms with Gasteiger partial charge >= 0.3 is 0 Å². The molecule has 0 saturated carbocycles. The molecule has 2 rings (SSSR count). The van der Waals surface area contributed by atoms with Crippen molar-refractivity contribution in [1.29, 1.82) is 0 Å². The van der Waals surface area contributed by atoms with E-state index in [1.54, 1.807) is 12.3 Å². The van der Waals surface area contributed by atoms with Gasteiger partial charge in [-0.3, -0.25) is 0 Å². The van der Waals surface area contributed by atoms with Gasteiger partial charge in [0, 0.05) is 5.69 Å². The van der Waals surface area contributed by atoms with Crippen molar-refractivity contribution in [2.24, 2.45) is 0 Å². The molecule has 0 aliphatic carbocycles. The summed E-state index contributed by atoms with van der Waals surface area (Å²) in [5, 5.41) is 6.44. The summed E-state index contributed by atoms with van der Waals surface area (Å²) in [5.74, 6) is 0.316. The van der Waals surface area contributed by atoms with Crippen LogP contribution in [0.2, 0.25) is 5.02 Å². The summed E-state index contributed by atoms with van der Waals surface area (Å²) >= 11 is 10.9. The molecule has 1 aromatic carbocycles. The first kappa shape index (κ1) is 13.8. The fourth-order valence-corrected chi connectivity index (χ4v) is 2.02. The maximum Gasteiger partial charge on any atom is 0.171 e. The first-order chi connectivity index (χ1) is 9.06. The Morgan fingerprint density at radius 1 is 1.42 bits per heavy atom. The van der Waals surface area contributed by atoms with E-state index in [0.717, 1.165) is 5.76 Å². The molecule has 0 amide bonds.